The number of rotatable bonds is 0. The van der Waals surface area contributed by atoms with E-state index in [9.17, 15) is 0 Å². The lowest BCUT2D eigenvalue weighted by atomic mass is 9.37. The molecule has 3 heteroatoms. The van der Waals surface area contributed by atoms with Crippen LogP contribution in [0.4, 0.5) is 0 Å². The van der Waals surface area contributed by atoms with E-state index in [1.165, 1.54) is 52.1 Å². The van der Waals surface area contributed by atoms with Crippen LogP contribution in [-0.2, 0) is 0 Å². The van der Waals surface area contributed by atoms with Gasteiger partial charge in [-0.3, -0.25) is 0 Å². The zero-order chi connectivity index (χ0) is 19.8. The Kier molecular flexibility index (Phi) is 3.08. The van der Waals surface area contributed by atoms with Crippen LogP contribution in [0.15, 0.2) is 61.9 Å². The van der Waals surface area contributed by atoms with Crippen LogP contribution >= 0.6 is 31.9 Å². The van der Waals surface area contributed by atoms with Crippen LogP contribution in [0.5, 0.6) is 0 Å². The highest BCUT2D eigenvalue weighted by Gasteiger charge is 2.70. The van der Waals surface area contributed by atoms with Gasteiger partial charge >= 0.3 is 0 Å². The smallest absolute Gasteiger partial charge is 0.136 e. The fourth-order valence-corrected chi connectivity index (χ4v) is 8.65. The van der Waals surface area contributed by atoms with Gasteiger partial charge in [-0.05, 0) is 119 Å². The molecule has 4 aliphatic carbocycles. The first kappa shape index (κ1) is 17.0. The SMILES string of the molecule is Brc1ccc2c(c1)C1CC3CC4CC(c5cc6c(cc5-2)oc2cc(Br)ccc26)C34C1. The van der Waals surface area contributed by atoms with Gasteiger partial charge < -0.3 is 4.42 Å². The van der Waals surface area contributed by atoms with Crippen LogP contribution in [0.3, 0.4) is 0 Å². The van der Waals surface area contributed by atoms with Crippen LogP contribution in [0.25, 0.3) is 33.1 Å². The van der Waals surface area contributed by atoms with E-state index in [0.29, 0.717) is 11.3 Å². The molecular formula is C27H20Br2O. The Hall–Kier alpha value is -1.58. The van der Waals surface area contributed by atoms with Gasteiger partial charge in [0.05, 0.1) is 0 Å². The molecular weight excluding hydrogens is 500 g/mol. The lowest BCUT2D eigenvalue weighted by Gasteiger charge is -2.67. The van der Waals surface area contributed by atoms with Gasteiger partial charge in [0.25, 0.3) is 0 Å². The first-order valence-electron chi connectivity index (χ1n) is 11.1. The van der Waals surface area contributed by atoms with Crippen LogP contribution in [0.1, 0.15) is 48.6 Å². The van der Waals surface area contributed by atoms with Crippen LogP contribution in [-0.4, -0.2) is 0 Å². The van der Waals surface area contributed by atoms with Crippen LogP contribution in [0.2, 0.25) is 0 Å². The molecule has 3 saturated carbocycles. The Labute approximate surface area is 192 Å². The number of halogens is 2. The van der Waals surface area contributed by atoms with Gasteiger partial charge in [-0.25, -0.2) is 0 Å². The van der Waals surface area contributed by atoms with Gasteiger partial charge in [0.2, 0.25) is 0 Å². The molecule has 0 aliphatic heterocycles. The molecule has 1 spiro atoms. The highest BCUT2D eigenvalue weighted by molar-refractivity contribution is 9.10. The molecule has 5 unspecified atom stereocenters. The van der Waals surface area contributed by atoms with Crippen molar-refractivity contribution in [2.45, 2.75) is 37.5 Å². The summed E-state index contributed by atoms with van der Waals surface area (Å²) in [5, 5.41) is 2.51. The van der Waals surface area contributed by atoms with E-state index in [4.69, 9.17) is 4.42 Å². The highest BCUT2D eigenvalue weighted by atomic mass is 79.9. The second kappa shape index (κ2) is 5.42. The predicted molar refractivity (Wildman–Crippen MR) is 128 cm³/mol. The number of fused-ring (bicyclic) bond motifs is 9. The van der Waals surface area contributed by atoms with E-state index in [0.717, 1.165) is 33.4 Å². The number of hydrogen-bond acceptors (Lipinski definition) is 1. The maximum atomic E-state index is 6.35. The molecule has 1 nitrogen and oxygen atoms in total. The quantitative estimate of drug-likeness (QED) is 0.226. The van der Waals surface area contributed by atoms with E-state index < -0.39 is 0 Å². The number of benzene rings is 3. The molecule has 1 heterocycles. The monoisotopic (exact) mass is 518 g/mol. The third kappa shape index (κ3) is 1.88. The average Bonchev–Trinajstić information content (AvgIpc) is 3.26. The van der Waals surface area contributed by atoms with E-state index in [-0.39, 0.29) is 0 Å². The standard InChI is InChI=1S/C27H20Br2O/c28-16-1-3-18-20(8-16)13-5-14-6-15-7-24(27(14,15)12-13)22-10-23-19-4-2-17(29)9-25(19)30-26(23)11-21(18)22/h1-4,8-11,13-15,24H,5-7,12H2. The summed E-state index contributed by atoms with van der Waals surface area (Å²) in [6.45, 7) is 0. The van der Waals surface area contributed by atoms with E-state index >= 15 is 0 Å². The van der Waals surface area contributed by atoms with Crippen molar-refractivity contribution in [1.82, 2.24) is 0 Å². The topological polar surface area (TPSA) is 13.1 Å². The number of furan rings is 1. The Bertz CT molecular complexity index is 1420. The van der Waals surface area contributed by atoms with Crippen molar-refractivity contribution in [3.63, 3.8) is 0 Å². The Morgan fingerprint density at radius 3 is 2.43 bits per heavy atom. The summed E-state index contributed by atoms with van der Waals surface area (Å²) in [5.41, 5.74) is 8.55. The van der Waals surface area contributed by atoms with Crippen LogP contribution in [0, 0.1) is 17.3 Å². The van der Waals surface area contributed by atoms with E-state index in [1.54, 1.807) is 11.1 Å². The summed E-state index contributed by atoms with van der Waals surface area (Å²) in [6, 6.07) is 18.2. The minimum Gasteiger partial charge on any atom is -0.456 e. The van der Waals surface area contributed by atoms with E-state index in [2.05, 4.69) is 80.4 Å². The molecule has 3 fully saturated rings. The summed E-state index contributed by atoms with van der Waals surface area (Å²) < 4.78 is 8.62. The third-order valence-electron chi connectivity index (χ3n) is 9.15. The number of hydrogen-bond donors (Lipinski definition) is 0. The zero-order valence-electron chi connectivity index (χ0n) is 16.4. The third-order valence-corrected chi connectivity index (χ3v) is 10.1. The second-order valence-corrected chi connectivity index (χ2v) is 11.9. The van der Waals surface area contributed by atoms with Crippen molar-refractivity contribution in [3.05, 3.63) is 68.6 Å². The van der Waals surface area contributed by atoms with Gasteiger partial charge in [0.1, 0.15) is 11.2 Å². The van der Waals surface area contributed by atoms with Gasteiger partial charge in [0, 0.05) is 19.7 Å². The molecule has 5 atom stereocenters. The Balaban J connectivity index is 1.48. The summed E-state index contributed by atoms with van der Waals surface area (Å²) in [4.78, 5) is 0. The molecule has 0 saturated heterocycles. The fourth-order valence-electron chi connectivity index (χ4n) is 7.93. The minimum atomic E-state index is 0.579. The summed E-state index contributed by atoms with van der Waals surface area (Å²) in [5.74, 6) is 3.33. The van der Waals surface area contributed by atoms with Crippen molar-refractivity contribution >= 4 is 53.8 Å². The fraction of sp³-hybridized carbons (Fsp3) is 0.333. The van der Waals surface area contributed by atoms with Gasteiger partial charge in [-0.15, -0.1) is 0 Å². The predicted octanol–water partition coefficient (Wildman–Crippen LogP) is 8.78. The normalized spacial score (nSPS) is 32.6. The molecule has 4 aliphatic rings. The summed E-state index contributed by atoms with van der Waals surface area (Å²) >= 11 is 7.36. The van der Waals surface area contributed by atoms with Gasteiger partial charge in [-0.2, -0.15) is 0 Å². The highest BCUT2D eigenvalue weighted by Crippen LogP contribution is 2.80. The van der Waals surface area contributed by atoms with Gasteiger partial charge in [0.15, 0.2) is 0 Å². The molecule has 2 bridgehead atoms. The van der Waals surface area contributed by atoms with Gasteiger partial charge in [-0.1, -0.05) is 37.9 Å². The summed E-state index contributed by atoms with van der Waals surface area (Å²) in [6.07, 6.45) is 5.63. The second-order valence-electron chi connectivity index (χ2n) is 10.1. The lowest BCUT2D eigenvalue weighted by molar-refractivity contribution is -0.144. The molecule has 4 aromatic rings. The Morgan fingerprint density at radius 2 is 1.53 bits per heavy atom. The molecule has 0 radical (unpaired) electrons. The average molecular weight is 520 g/mol. The molecule has 0 amide bonds. The summed E-state index contributed by atoms with van der Waals surface area (Å²) in [7, 11) is 0. The molecule has 30 heavy (non-hydrogen) atoms. The molecule has 148 valence electrons. The molecule has 8 rings (SSSR count). The lowest BCUT2D eigenvalue weighted by Crippen LogP contribution is -2.58. The van der Waals surface area contributed by atoms with Crippen LogP contribution < -0.4 is 0 Å². The first-order chi connectivity index (χ1) is 14.6. The van der Waals surface area contributed by atoms with Crippen molar-refractivity contribution in [3.8, 4) is 11.1 Å². The first-order valence-corrected chi connectivity index (χ1v) is 12.7. The van der Waals surface area contributed by atoms with Crippen molar-refractivity contribution < 1.29 is 4.42 Å². The maximum absolute atomic E-state index is 6.35. The molecule has 0 N–H and O–H groups in total. The Morgan fingerprint density at radius 1 is 0.733 bits per heavy atom. The largest absolute Gasteiger partial charge is 0.456 e. The minimum absolute atomic E-state index is 0.579. The molecule has 3 aromatic carbocycles. The van der Waals surface area contributed by atoms with Crippen molar-refractivity contribution in [1.29, 1.82) is 0 Å². The zero-order valence-corrected chi connectivity index (χ0v) is 19.6. The van der Waals surface area contributed by atoms with E-state index in [1.807, 2.05) is 0 Å². The maximum Gasteiger partial charge on any atom is 0.136 e. The van der Waals surface area contributed by atoms with Crippen molar-refractivity contribution in [2.24, 2.45) is 17.3 Å². The molecule has 1 aromatic heterocycles. The van der Waals surface area contributed by atoms with Crippen molar-refractivity contribution in [2.75, 3.05) is 0 Å².